The molecule has 0 heterocycles. The molecular weight excluding hydrogens is 254 g/mol. The minimum absolute atomic E-state index is 0.0342. The summed E-state index contributed by atoms with van der Waals surface area (Å²) >= 11 is 0. The van der Waals surface area contributed by atoms with E-state index in [-0.39, 0.29) is 5.54 Å². The molecule has 1 atom stereocenters. The molecule has 0 aromatic heterocycles. The molecule has 0 radical (unpaired) electrons. The highest BCUT2D eigenvalue weighted by Crippen LogP contribution is 2.38. The molecule has 0 saturated carbocycles. The summed E-state index contributed by atoms with van der Waals surface area (Å²) in [7, 11) is 4.30. The van der Waals surface area contributed by atoms with Gasteiger partial charge in [0.1, 0.15) is 0 Å². The van der Waals surface area contributed by atoms with Crippen LogP contribution in [0.3, 0.4) is 0 Å². The van der Waals surface area contributed by atoms with Crippen LogP contribution in [0, 0.1) is 18.3 Å². The van der Waals surface area contributed by atoms with Crippen LogP contribution in [-0.4, -0.2) is 24.5 Å². The van der Waals surface area contributed by atoms with Gasteiger partial charge in [-0.05, 0) is 50.1 Å². The van der Waals surface area contributed by atoms with Gasteiger partial charge in [0.05, 0.1) is 0 Å². The minimum Gasteiger partial charge on any atom is -0.300 e. The molecule has 0 saturated heterocycles. The zero-order chi connectivity index (χ0) is 16.0. The summed E-state index contributed by atoms with van der Waals surface area (Å²) in [5, 5.41) is 0. The van der Waals surface area contributed by atoms with Gasteiger partial charge in [-0.3, -0.25) is 4.90 Å². The predicted molar refractivity (Wildman–Crippen MR) is 94.0 cm³/mol. The number of hydrogen-bond acceptors (Lipinski definition) is 1. The molecule has 0 aliphatic carbocycles. The fourth-order valence-corrected chi connectivity index (χ4v) is 3.06. The van der Waals surface area contributed by atoms with E-state index in [4.69, 9.17) is 6.42 Å². The summed E-state index contributed by atoms with van der Waals surface area (Å²) in [4.78, 5) is 2.31. The Bertz CT molecular complexity index is 507. The lowest BCUT2D eigenvalue weighted by molar-refractivity contribution is 0.153. The van der Waals surface area contributed by atoms with Gasteiger partial charge in [-0.15, -0.1) is 12.3 Å². The molecule has 0 amide bonds. The van der Waals surface area contributed by atoms with Gasteiger partial charge in [-0.2, -0.15) is 0 Å². The second-order valence-corrected chi connectivity index (χ2v) is 6.25. The van der Waals surface area contributed by atoms with Gasteiger partial charge in [-0.1, -0.05) is 51.1 Å². The molecule has 0 spiro atoms. The third-order valence-corrected chi connectivity index (χ3v) is 4.78. The normalized spacial score (nSPS) is 15.6. The molecule has 1 unspecified atom stereocenters. The lowest BCUT2D eigenvalue weighted by Crippen LogP contribution is -2.48. The van der Waals surface area contributed by atoms with Crippen molar-refractivity contribution < 1.29 is 0 Å². The van der Waals surface area contributed by atoms with Crippen molar-refractivity contribution in [2.45, 2.75) is 46.1 Å². The topological polar surface area (TPSA) is 3.24 Å². The number of rotatable bonds is 6. The molecule has 1 aromatic rings. The number of allylic oxidation sites excluding steroid dienone is 1. The molecule has 21 heavy (non-hydrogen) atoms. The van der Waals surface area contributed by atoms with Crippen molar-refractivity contribution in [3.63, 3.8) is 0 Å². The third-order valence-electron chi connectivity index (χ3n) is 4.78. The van der Waals surface area contributed by atoms with Gasteiger partial charge in [0, 0.05) is 12.0 Å². The van der Waals surface area contributed by atoms with Crippen LogP contribution in [0.4, 0.5) is 0 Å². The highest BCUT2D eigenvalue weighted by Gasteiger charge is 2.36. The first-order valence-corrected chi connectivity index (χ1v) is 7.78. The molecule has 0 fully saturated rings. The summed E-state index contributed by atoms with van der Waals surface area (Å²) < 4.78 is 0. The summed E-state index contributed by atoms with van der Waals surface area (Å²) in [6, 6.07) is 10.6. The van der Waals surface area contributed by atoms with Gasteiger partial charge in [0.2, 0.25) is 0 Å². The van der Waals surface area contributed by atoms with Gasteiger partial charge in [0.15, 0.2) is 0 Å². The third kappa shape index (κ3) is 3.57. The molecular formula is C20H29N. The largest absolute Gasteiger partial charge is 0.300 e. The van der Waals surface area contributed by atoms with Crippen molar-refractivity contribution in [3.05, 3.63) is 41.5 Å². The Morgan fingerprint density at radius 1 is 1.24 bits per heavy atom. The number of benzene rings is 1. The lowest BCUT2D eigenvalue weighted by Gasteiger charge is -2.43. The monoisotopic (exact) mass is 283 g/mol. The van der Waals surface area contributed by atoms with E-state index in [0.29, 0.717) is 12.3 Å². The highest BCUT2D eigenvalue weighted by atomic mass is 15.1. The van der Waals surface area contributed by atoms with Crippen molar-refractivity contribution in [1.82, 2.24) is 4.90 Å². The van der Waals surface area contributed by atoms with E-state index in [1.54, 1.807) is 0 Å². The number of nitrogens with zero attached hydrogens (tertiary/aromatic N) is 1. The standard InChI is InChI=1S/C20H29N/c1-8-13-19(20(5,16(3)4)21(6)7)18(9-2)17-14-11-10-12-15-17/h1,10-12,14-16H,9,13H2,2-7H3/b19-18-. The van der Waals surface area contributed by atoms with Crippen molar-refractivity contribution in [2.24, 2.45) is 5.92 Å². The van der Waals surface area contributed by atoms with Gasteiger partial charge in [-0.25, -0.2) is 0 Å². The maximum absolute atomic E-state index is 5.69. The van der Waals surface area contributed by atoms with Crippen LogP contribution in [-0.2, 0) is 0 Å². The fourth-order valence-electron chi connectivity index (χ4n) is 3.06. The molecule has 0 bridgehead atoms. The second-order valence-electron chi connectivity index (χ2n) is 6.25. The smallest absolute Gasteiger partial charge is 0.0424 e. The molecule has 0 aliphatic heterocycles. The van der Waals surface area contributed by atoms with Gasteiger partial charge < -0.3 is 0 Å². The summed E-state index contributed by atoms with van der Waals surface area (Å²) in [6.45, 7) is 9.07. The molecule has 1 aromatic carbocycles. The maximum Gasteiger partial charge on any atom is 0.0424 e. The van der Waals surface area contributed by atoms with Crippen LogP contribution in [0.2, 0.25) is 0 Å². The Labute approximate surface area is 131 Å². The van der Waals surface area contributed by atoms with Crippen LogP contribution in [0.1, 0.15) is 46.1 Å². The van der Waals surface area contributed by atoms with Crippen LogP contribution >= 0.6 is 0 Å². The summed E-state index contributed by atoms with van der Waals surface area (Å²) in [5.41, 5.74) is 4.02. The molecule has 0 aliphatic rings. The Balaban J connectivity index is 3.58. The fraction of sp³-hybridized carbons (Fsp3) is 0.500. The molecule has 114 valence electrons. The van der Waals surface area contributed by atoms with Crippen LogP contribution in [0.15, 0.2) is 35.9 Å². The van der Waals surface area contributed by atoms with Crippen LogP contribution < -0.4 is 0 Å². The highest BCUT2D eigenvalue weighted by molar-refractivity contribution is 5.71. The van der Waals surface area contributed by atoms with Crippen molar-refractivity contribution >= 4 is 5.57 Å². The average Bonchev–Trinajstić information content (AvgIpc) is 2.47. The van der Waals surface area contributed by atoms with Gasteiger partial charge in [0.25, 0.3) is 0 Å². The van der Waals surface area contributed by atoms with E-state index >= 15 is 0 Å². The maximum atomic E-state index is 5.69. The van der Waals surface area contributed by atoms with E-state index in [1.807, 2.05) is 0 Å². The van der Waals surface area contributed by atoms with E-state index in [2.05, 4.69) is 82.9 Å². The zero-order valence-electron chi connectivity index (χ0n) is 14.4. The first-order chi connectivity index (χ1) is 9.89. The molecule has 0 N–H and O–H groups in total. The van der Waals surface area contributed by atoms with Crippen LogP contribution in [0.25, 0.3) is 5.57 Å². The van der Waals surface area contributed by atoms with E-state index in [9.17, 15) is 0 Å². The van der Waals surface area contributed by atoms with Crippen molar-refractivity contribution in [1.29, 1.82) is 0 Å². The Kier molecular flexibility index (Phi) is 6.24. The first kappa shape index (κ1) is 17.5. The second kappa shape index (κ2) is 7.48. The summed E-state index contributed by atoms with van der Waals surface area (Å²) in [5.74, 6) is 3.37. The molecule has 1 heteroatoms. The predicted octanol–water partition coefficient (Wildman–Crippen LogP) is 4.85. The quantitative estimate of drug-likeness (QED) is 0.675. The van der Waals surface area contributed by atoms with Crippen molar-refractivity contribution in [3.8, 4) is 12.3 Å². The number of likely N-dealkylation sites (N-methyl/N-ethyl adjacent to an activating group) is 1. The lowest BCUT2D eigenvalue weighted by atomic mass is 9.75. The van der Waals surface area contributed by atoms with Crippen molar-refractivity contribution in [2.75, 3.05) is 14.1 Å². The zero-order valence-corrected chi connectivity index (χ0v) is 14.4. The number of terminal acetylenes is 1. The van der Waals surface area contributed by atoms with E-state index < -0.39 is 0 Å². The minimum atomic E-state index is -0.0342. The molecule has 1 nitrogen and oxygen atoms in total. The van der Waals surface area contributed by atoms with E-state index in [0.717, 1.165) is 6.42 Å². The number of hydrogen-bond donors (Lipinski definition) is 0. The Morgan fingerprint density at radius 2 is 1.81 bits per heavy atom. The SMILES string of the molecule is C#CC/C(=C(\CC)c1ccccc1)C(C)(C(C)C)N(C)C. The van der Waals surface area contributed by atoms with E-state index in [1.165, 1.54) is 16.7 Å². The first-order valence-electron chi connectivity index (χ1n) is 7.78. The Hall–Kier alpha value is -1.52. The Morgan fingerprint density at radius 3 is 2.19 bits per heavy atom. The summed E-state index contributed by atoms with van der Waals surface area (Å²) in [6.07, 6.45) is 7.39. The van der Waals surface area contributed by atoms with Gasteiger partial charge >= 0.3 is 0 Å². The van der Waals surface area contributed by atoms with Crippen LogP contribution in [0.5, 0.6) is 0 Å². The molecule has 1 rings (SSSR count). The average molecular weight is 283 g/mol.